The van der Waals surface area contributed by atoms with Crippen LogP contribution in [0.25, 0.3) is 10.8 Å². The zero-order valence-electron chi connectivity index (χ0n) is 17.2. The molecular formula is C20H28N5O3+. The van der Waals surface area contributed by atoms with Gasteiger partial charge in [-0.3, -0.25) is 4.79 Å². The largest absolute Gasteiger partial charge is 0.496 e. The second-order valence-electron chi connectivity index (χ2n) is 6.91. The number of rotatable bonds is 6. The summed E-state index contributed by atoms with van der Waals surface area (Å²) in [5, 5.41) is 1.53. The van der Waals surface area contributed by atoms with Crippen molar-refractivity contribution in [2.24, 2.45) is 16.5 Å². The molecule has 1 amide bonds. The van der Waals surface area contributed by atoms with E-state index in [4.69, 9.17) is 20.9 Å². The first-order chi connectivity index (χ1) is 13.1. The Balaban J connectivity index is 2.74. The Morgan fingerprint density at radius 2 is 1.93 bits per heavy atom. The summed E-state index contributed by atoms with van der Waals surface area (Å²) in [4.78, 5) is 21.5. The van der Waals surface area contributed by atoms with Crippen molar-refractivity contribution in [1.82, 2.24) is 4.90 Å². The second kappa shape index (κ2) is 8.60. The van der Waals surface area contributed by atoms with Crippen molar-refractivity contribution in [3.8, 4) is 11.6 Å². The zero-order chi connectivity index (χ0) is 21.0. The van der Waals surface area contributed by atoms with Gasteiger partial charge in [-0.2, -0.15) is 0 Å². The lowest BCUT2D eigenvalue weighted by Crippen LogP contribution is -2.22. The number of aliphatic imine (C=N–C) groups is 1. The number of nitrogens with zero attached hydrogens (tertiary/aromatic N) is 2. The highest BCUT2D eigenvalue weighted by Gasteiger charge is 2.21. The summed E-state index contributed by atoms with van der Waals surface area (Å²) >= 11 is 0. The number of benzene rings is 1. The van der Waals surface area contributed by atoms with Crippen molar-refractivity contribution in [2.75, 3.05) is 21.2 Å². The smallest absolute Gasteiger partial charge is 0.326 e. The molecule has 28 heavy (non-hydrogen) atoms. The van der Waals surface area contributed by atoms with E-state index in [0.717, 1.165) is 10.8 Å². The van der Waals surface area contributed by atoms with Gasteiger partial charge in [-0.15, -0.1) is 0 Å². The van der Waals surface area contributed by atoms with Crippen molar-refractivity contribution in [3.05, 3.63) is 35.5 Å². The number of aromatic nitrogens is 1. The molecule has 0 aliphatic rings. The Morgan fingerprint density at radius 3 is 2.46 bits per heavy atom. The standard InChI is InChI=1S/C20H27N5O3/c1-11(2)28-19-14-10-15(20(26)25(4)5)16(27-6)8-13(14)9-18(24-19)23-17(22)7-12(3)21/h7-11H,21H2,1-6H3,(H2,22,23,24)/p+1. The van der Waals surface area contributed by atoms with Gasteiger partial charge in [-0.1, -0.05) is 0 Å². The predicted octanol–water partition coefficient (Wildman–Crippen LogP) is 2.00. The number of fused-ring (bicyclic) bond motifs is 1. The molecular weight excluding hydrogens is 358 g/mol. The summed E-state index contributed by atoms with van der Waals surface area (Å²) in [6.45, 7) is 5.56. The van der Waals surface area contributed by atoms with Crippen molar-refractivity contribution >= 4 is 28.3 Å². The Bertz CT molecular complexity index is 944. The number of methoxy groups -OCH3 is 1. The summed E-state index contributed by atoms with van der Waals surface area (Å²) in [7, 11) is 4.91. The van der Waals surface area contributed by atoms with Crippen LogP contribution in [0.2, 0.25) is 0 Å². The van der Waals surface area contributed by atoms with Crippen LogP contribution in [0, 0.1) is 0 Å². The van der Waals surface area contributed by atoms with Gasteiger partial charge in [-0.25, -0.2) is 4.98 Å². The van der Waals surface area contributed by atoms with Crippen molar-refractivity contribution in [2.45, 2.75) is 26.9 Å². The molecule has 0 spiro atoms. The summed E-state index contributed by atoms with van der Waals surface area (Å²) in [6.07, 6.45) is 1.48. The fourth-order valence-electron chi connectivity index (χ4n) is 2.65. The number of carbonyl (C=O) groups is 1. The van der Waals surface area contributed by atoms with E-state index in [9.17, 15) is 4.79 Å². The molecule has 0 aliphatic carbocycles. The van der Waals surface area contributed by atoms with E-state index in [1.165, 1.54) is 12.0 Å². The average molecular weight is 386 g/mol. The lowest BCUT2D eigenvalue weighted by molar-refractivity contribution is -0.379. The van der Waals surface area contributed by atoms with E-state index in [2.05, 4.69) is 9.98 Å². The molecule has 0 fully saturated rings. The number of amidine groups is 1. The van der Waals surface area contributed by atoms with Gasteiger partial charge in [0.15, 0.2) is 0 Å². The molecule has 0 unspecified atom stereocenters. The predicted molar refractivity (Wildman–Crippen MR) is 110 cm³/mol. The SMILES string of the molecule is COc1cc2cc(N=C(N)C=C(C)N)[nH+]c(OC(C)C)c2cc1C(=O)N(C)C. The van der Waals surface area contributed by atoms with Gasteiger partial charge in [0, 0.05) is 37.3 Å². The topological polar surface area (TPSA) is 117 Å². The Labute approximate surface area is 164 Å². The molecule has 0 radical (unpaired) electrons. The maximum absolute atomic E-state index is 12.6. The van der Waals surface area contributed by atoms with Gasteiger partial charge < -0.3 is 25.8 Å². The molecule has 150 valence electrons. The van der Waals surface area contributed by atoms with Crippen LogP contribution in [0.5, 0.6) is 11.6 Å². The van der Waals surface area contributed by atoms with Crippen LogP contribution < -0.4 is 25.9 Å². The van der Waals surface area contributed by atoms with Crippen LogP contribution in [-0.2, 0) is 0 Å². The summed E-state index contributed by atoms with van der Waals surface area (Å²) in [5.74, 6) is 1.55. The molecule has 1 heterocycles. The summed E-state index contributed by atoms with van der Waals surface area (Å²) < 4.78 is 11.4. The number of H-pyrrole nitrogens is 1. The van der Waals surface area contributed by atoms with E-state index < -0.39 is 0 Å². The number of nitrogens with two attached hydrogens (primary N) is 2. The number of hydrogen-bond acceptors (Lipinski definition) is 5. The van der Waals surface area contributed by atoms with E-state index in [-0.39, 0.29) is 17.8 Å². The minimum Gasteiger partial charge on any atom is -0.496 e. The highest BCUT2D eigenvalue weighted by molar-refractivity contribution is 6.02. The summed E-state index contributed by atoms with van der Waals surface area (Å²) in [5.41, 5.74) is 12.6. The third kappa shape index (κ3) is 4.91. The Hall–Kier alpha value is -3.29. The van der Waals surface area contributed by atoms with Gasteiger partial charge in [-0.05, 0) is 37.9 Å². The lowest BCUT2D eigenvalue weighted by atomic mass is 10.1. The molecule has 5 N–H and O–H groups in total. The maximum Gasteiger partial charge on any atom is 0.326 e. The Kier molecular flexibility index (Phi) is 6.45. The van der Waals surface area contributed by atoms with Crippen LogP contribution in [0.15, 0.2) is 35.0 Å². The van der Waals surface area contributed by atoms with Gasteiger partial charge in [0.1, 0.15) is 5.75 Å². The average Bonchev–Trinajstić information content (AvgIpc) is 2.58. The van der Waals surface area contributed by atoms with Gasteiger partial charge >= 0.3 is 5.82 Å². The number of aromatic amines is 1. The molecule has 0 saturated heterocycles. The normalized spacial score (nSPS) is 12.4. The van der Waals surface area contributed by atoms with Crippen molar-refractivity contribution in [1.29, 1.82) is 0 Å². The second-order valence-corrected chi connectivity index (χ2v) is 6.91. The fourth-order valence-corrected chi connectivity index (χ4v) is 2.65. The third-order valence-electron chi connectivity index (χ3n) is 3.77. The molecule has 1 aromatic heterocycles. The number of amides is 1. The first-order valence-corrected chi connectivity index (χ1v) is 8.86. The lowest BCUT2D eigenvalue weighted by Gasteiger charge is -2.15. The first-order valence-electron chi connectivity index (χ1n) is 8.86. The van der Waals surface area contributed by atoms with Gasteiger partial charge in [0.25, 0.3) is 11.8 Å². The van der Waals surface area contributed by atoms with Crippen LogP contribution >= 0.6 is 0 Å². The number of ether oxygens (including phenoxy) is 2. The number of pyridine rings is 1. The molecule has 0 atom stereocenters. The highest BCUT2D eigenvalue weighted by Crippen LogP contribution is 2.32. The van der Waals surface area contributed by atoms with Crippen LogP contribution in [0.1, 0.15) is 31.1 Å². The number of hydrogen-bond donors (Lipinski definition) is 2. The Morgan fingerprint density at radius 1 is 1.25 bits per heavy atom. The number of carbonyl (C=O) groups excluding carboxylic acids is 1. The molecule has 8 heteroatoms. The quantitative estimate of drug-likeness (QED) is 0.582. The van der Waals surface area contributed by atoms with Crippen molar-refractivity contribution < 1.29 is 19.3 Å². The molecule has 1 aromatic carbocycles. The number of allylic oxidation sites excluding steroid dienone is 1. The minimum atomic E-state index is -0.163. The molecule has 0 saturated carbocycles. The van der Waals surface area contributed by atoms with E-state index in [1.54, 1.807) is 39.2 Å². The van der Waals surface area contributed by atoms with E-state index >= 15 is 0 Å². The maximum atomic E-state index is 12.6. The van der Waals surface area contributed by atoms with E-state index in [0.29, 0.717) is 28.7 Å². The number of nitrogens with one attached hydrogen (secondary N) is 1. The van der Waals surface area contributed by atoms with Crippen molar-refractivity contribution in [3.63, 3.8) is 0 Å². The third-order valence-corrected chi connectivity index (χ3v) is 3.77. The fraction of sp³-hybridized carbons (Fsp3) is 0.350. The molecule has 0 aliphatic heterocycles. The molecule has 8 nitrogen and oxygen atoms in total. The molecule has 2 aromatic rings. The molecule has 0 bridgehead atoms. The summed E-state index contributed by atoms with van der Waals surface area (Å²) in [6, 6.07) is 5.35. The monoisotopic (exact) mass is 386 g/mol. The zero-order valence-corrected chi connectivity index (χ0v) is 17.2. The minimum absolute atomic E-state index is 0.0858. The van der Waals surface area contributed by atoms with Gasteiger partial charge in [0.05, 0.1) is 24.2 Å². The van der Waals surface area contributed by atoms with Crippen LogP contribution in [0.3, 0.4) is 0 Å². The van der Waals surface area contributed by atoms with E-state index in [1.807, 2.05) is 19.9 Å². The molecule has 2 rings (SSSR count). The first kappa shape index (κ1) is 21.0. The van der Waals surface area contributed by atoms with Crippen LogP contribution in [0.4, 0.5) is 5.82 Å². The highest BCUT2D eigenvalue weighted by atomic mass is 16.5. The van der Waals surface area contributed by atoms with Gasteiger partial charge in [0.2, 0.25) is 5.84 Å². The van der Waals surface area contributed by atoms with Crippen LogP contribution in [-0.4, -0.2) is 44.0 Å².